The van der Waals surface area contributed by atoms with Gasteiger partial charge in [0.1, 0.15) is 11.6 Å². The highest BCUT2D eigenvalue weighted by Gasteiger charge is 2.26. The van der Waals surface area contributed by atoms with Gasteiger partial charge >= 0.3 is 0 Å². The van der Waals surface area contributed by atoms with Crippen molar-refractivity contribution in [1.82, 2.24) is 9.97 Å². The van der Waals surface area contributed by atoms with Gasteiger partial charge in [-0.15, -0.1) is 0 Å². The van der Waals surface area contributed by atoms with Crippen molar-refractivity contribution in [3.05, 3.63) is 60.7 Å². The van der Waals surface area contributed by atoms with Crippen LogP contribution >= 0.6 is 11.8 Å². The van der Waals surface area contributed by atoms with Crippen LogP contribution in [0, 0.1) is 0 Å². The Morgan fingerprint density at radius 1 is 0.778 bits per heavy atom. The van der Waals surface area contributed by atoms with Crippen LogP contribution in [-0.4, -0.2) is 23.1 Å². The van der Waals surface area contributed by atoms with E-state index >= 15 is 0 Å². The van der Waals surface area contributed by atoms with Crippen LogP contribution in [0.15, 0.2) is 70.5 Å². The zero-order chi connectivity index (χ0) is 18.2. The summed E-state index contributed by atoms with van der Waals surface area (Å²) in [4.78, 5) is 14.6. The highest BCUT2D eigenvalue weighted by molar-refractivity contribution is 7.99. The van der Waals surface area contributed by atoms with Gasteiger partial charge in [0.25, 0.3) is 0 Å². The average molecular weight is 372 g/mol. The Bertz CT molecular complexity index is 1060. The third kappa shape index (κ3) is 2.93. The molecule has 0 radical (unpaired) electrons. The van der Waals surface area contributed by atoms with Gasteiger partial charge in [0.15, 0.2) is 0 Å². The van der Waals surface area contributed by atoms with Crippen molar-refractivity contribution >= 4 is 45.2 Å². The smallest absolute Gasteiger partial charge is 0.149 e. The number of nitrogens with two attached hydrogens (primary N) is 1. The summed E-state index contributed by atoms with van der Waals surface area (Å²) in [6.45, 7) is 1.58. The van der Waals surface area contributed by atoms with E-state index in [2.05, 4.69) is 53.4 Å². The van der Waals surface area contributed by atoms with Gasteiger partial charge in [-0.05, 0) is 43.7 Å². The maximum Gasteiger partial charge on any atom is 0.149 e. The van der Waals surface area contributed by atoms with Crippen LogP contribution in [0.4, 0.5) is 11.6 Å². The molecule has 5 rings (SSSR count). The molecule has 2 N–H and O–H groups in total. The predicted octanol–water partition coefficient (Wildman–Crippen LogP) is 5.12. The summed E-state index contributed by atoms with van der Waals surface area (Å²) in [7, 11) is 0. The fraction of sp³-hybridized carbons (Fsp3) is 0.182. The third-order valence-corrected chi connectivity index (χ3v) is 5.95. The monoisotopic (exact) mass is 372 g/mol. The first-order valence-electron chi connectivity index (χ1n) is 9.28. The molecular formula is C22H20N4S. The Morgan fingerprint density at radius 2 is 1.33 bits per heavy atom. The molecule has 2 aromatic heterocycles. The van der Waals surface area contributed by atoms with Gasteiger partial charge in [-0.2, -0.15) is 0 Å². The quantitative estimate of drug-likeness (QED) is 0.504. The molecule has 0 spiro atoms. The highest BCUT2D eigenvalue weighted by Crippen LogP contribution is 2.48. The lowest BCUT2D eigenvalue weighted by molar-refractivity contribution is 0.727. The van der Waals surface area contributed by atoms with E-state index < -0.39 is 0 Å². The minimum atomic E-state index is 0.707. The molecule has 2 aromatic carbocycles. The fourth-order valence-corrected chi connectivity index (χ4v) is 4.66. The normalized spacial score (nSPS) is 13.0. The summed E-state index contributed by atoms with van der Waals surface area (Å²) in [5.74, 6) is 2.01. The molecule has 5 heteroatoms. The van der Waals surface area contributed by atoms with Crippen LogP contribution in [0.5, 0.6) is 0 Å². The number of unbranched alkanes of at least 4 members (excludes halogenated alkanes) is 1. The molecule has 1 aliphatic heterocycles. The van der Waals surface area contributed by atoms with Crippen LogP contribution in [-0.2, 0) is 0 Å². The van der Waals surface area contributed by atoms with Crippen molar-refractivity contribution in [3.8, 4) is 0 Å². The minimum absolute atomic E-state index is 0.707. The highest BCUT2D eigenvalue weighted by atomic mass is 32.2. The van der Waals surface area contributed by atoms with Crippen LogP contribution in [0.2, 0.25) is 0 Å². The maximum absolute atomic E-state index is 5.73. The van der Waals surface area contributed by atoms with Crippen molar-refractivity contribution in [1.29, 1.82) is 0 Å². The van der Waals surface area contributed by atoms with Crippen molar-refractivity contribution in [2.45, 2.75) is 22.6 Å². The Morgan fingerprint density at radius 3 is 1.89 bits per heavy atom. The van der Waals surface area contributed by atoms with Crippen molar-refractivity contribution in [2.75, 3.05) is 18.0 Å². The summed E-state index contributed by atoms with van der Waals surface area (Å²) < 4.78 is 0. The third-order valence-electron chi connectivity index (χ3n) is 4.91. The maximum atomic E-state index is 5.73. The van der Waals surface area contributed by atoms with Crippen LogP contribution < -0.4 is 10.6 Å². The molecule has 0 saturated carbocycles. The summed E-state index contributed by atoms with van der Waals surface area (Å²) >= 11 is 1.76. The molecule has 1 aliphatic rings. The van der Waals surface area contributed by atoms with Crippen LogP contribution in [0.3, 0.4) is 0 Å². The molecule has 0 atom stereocenters. The van der Waals surface area contributed by atoms with Gasteiger partial charge in [0.05, 0.1) is 20.8 Å². The van der Waals surface area contributed by atoms with Gasteiger partial charge in [-0.3, -0.25) is 0 Å². The summed E-state index contributed by atoms with van der Waals surface area (Å²) in [6, 6.07) is 21.1. The lowest BCUT2D eigenvalue weighted by Crippen LogP contribution is -2.25. The summed E-state index contributed by atoms with van der Waals surface area (Å²) in [5, 5.41) is 2.34. The van der Waals surface area contributed by atoms with Gasteiger partial charge in [-0.25, -0.2) is 9.97 Å². The van der Waals surface area contributed by atoms with E-state index in [4.69, 9.17) is 15.7 Å². The minimum Gasteiger partial charge on any atom is -0.330 e. The number of benzene rings is 2. The molecule has 0 saturated heterocycles. The van der Waals surface area contributed by atoms with E-state index in [1.165, 1.54) is 20.6 Å². The molecular weight excluding hydrogens is 352 g/mol. The van der Waals surface area contributed by atoms with Crippen molar-refractivity contribution in [3.63, 3.8) is 0 Å². The number of anilines is 2. The first kappa shape index (κ1) is 16.5. The SMILES string of the molecule is NCCCCN1c2nc3ccccc3cc2Sc2cc3ccccc3nc21. The van der Waals surface area contributed by atoms with Crippen LogP contribution in [0.1, 0.15) is 12.8 Å². The number of pyridine rings is 2. The molecule has 27 heavy (non-hydrogen) atoms. The first-order chi connectivity index (χ1) is 13.3. The molecule has 0 unspecified atom stereocenters. The number of para-hydroxylation sites is 2. The van der Waals surface area contributed by atoms with E-state index in [1.807, 2.05) is 12.1 Å². The standard InChI is InChI=1S/C22H20N4S/c23-11-5-6-12-26-21-19(13-15-7-1-3-9-17(15)24-21)27-20-14-16-8-2-4-10-18(16)25-22(20)26/h1-4,7-10,13-14H,5-6,11-12,23H2. The number of fused-ring (bicyclic) bond motifs is 4. The fourth-order valence-electron chi connectivity index (χ4n) is 3.55. The van der Waals surface area contributed by atoms with Crippen molar-refractivity contribution in [2.24, 2.45) is 5.73 Å². The van der Waals surface area contributed by atoms with Gasteiger partial charge in [-0.1, -0.05) is 48.2 Å². The second kappa shape index (κ2) is 6.83. The molecule has 0 aliphatic carbocycles. The Labute approximate surface area is 162 Å². The van der Waals surface area contributed by atoms with Gasteiger partial charge < -0.3 is 10.6 Å². The van der Waals surface area contributed by atoms with Gasteiger partial charge in [0.2, 0.25) is 0 Å². The topological polar surface area (TPSA) is 55.0 Å². The number of nitrogens with zero attached hydrogens (tertiary/aromatic N) is 3. The van der Waals surface area contributed by atoms with E-state index in [0.29, 0.717) is 6.54 Å². The Balaban J connectivity index is 1.69. The molecule has 0 bridgehead atoms. The Kier molecular flexibility index (Phi) is 4.19. The second-order valence-electron chi connectivity index (χ2n) is 6.76. The summed E-state index contributed by atoms with van der Waals surface area (Å²) in [6.07, 6.45) is 2.01. The average Bonchev–Trinajstić information content (AvgIpc) is 2.70. The van der Waals surface area contributed by atoms with E-state index in [9.17, 15) is 0 Å². The first-order valence-corrected chi connectivity index (χ1v) is 10.1. The number of hydrogen-bond donors (Lipinski definition) is 1. The van der Waals surface area contributed by atoms with E-state index in [1.54, 1.807) is 11.8 Å². The molecule has 0 amide bonds. The number of aromatic nitrogens is 2. The summed E-state index contributed by atoms with van der Waals surface area (Å²) in [5.41, 5.74) is 7.77. The zero-order valence-corrected chi connectivity index (χ0v) is 15.7. The number of hydrogen-bond acceptors (Lipinski definition) is 5. The van der Waals surface area contributed by atoms with Crippen molar-refractivity contribution < 1.29 is 0 Å². The lowest BCUT2D eigenvalue weighted by atomic mass is 10.2. The Hall–Kier alpha value is -2.63. The zero-order valence-electron chi connectivity index (χ0n) is 14.9. The van der Waals surface area contributed by atoms with Crippen LogP contribution in [0.25, 0.3) is 21.8 Å². The molecule has 4 nitrogen and oxygen atoms in total. The molecule has 134 valence electrons. The largest absolute Gasteiger partial charge is 0.330 e. The van der Waals surface area contributed by atoms with E-state index in [-0.39, 0.29) is 0 Å². The second-order valence-corrected chi connectivity index (χ2v) is 7.84. The predicted molar refractivity (Wildman–Crippen MR) is 113 cm³/mol. The van der Waals surface area contributed by atoms with E-state index in [0.717, 1.165) is 42.1 Å². The molecule has 4 aromatic rings. The lowest BCUT2D eigenvalue weighted by Gasteiger charge is -2.31. The number of rotatable bonds is 4. The molecule has 3 heterocycles. The van der Waals surface area contributed by atoms with Gasteiger partial charge in [0, 0.05) is 17.3 Å². The molecule has 0 fully saturated rings.